The van der Waals surface area contributed by atoms with Gasteiger partial charge in [-0.05, 0) is 49.3 Å². The van der Waals surface area contributed by atoms with Gasteiger partial charge in [0.2, 0.25) is 0 Å². The molecule has 0 atom stereocenters. The van der Waals surface area contributed by atoms with Crippen molar-refractivity contribution in [2.24, 2.45) is 0 Å². The summed E-state index contributed by atoms with van der Waals surface area (Å²) in [6, 6.07) is 6.00. The van der Waals surface area contributed by atoms with E-state index in [1.54, 1.807) is 18.9 Å². The van der Waals surface area contributed by atoms with E-state index in [1.807, 2.05) is 18.4 Å². The Morgan fingerprint density at radius 2 is 2.07 bits per heavy atom. The Bertz CT molecular complexity index is 336. The smallest absolute Gasteiger partial charge is 0.120 e. The first-order valence-corrected chi connectivity index (χ1v) is 6.36. The second-order valence-electron chi connectivity index (χ2n) is 3.99. The van der Waals surface area contributed by atoms with Gasteiger partial charge in [0.25, 0.3) is 0 Å². The number of hydrogen-bond acceptors (Lipinski definition) is 3. The van der Waals surface area contributed by atoms with Crippen LogP contribution in [0.15, 0.2) is 23.1 Å². The maximum Gasteiger partial charge on any atom is 0.120 e. The first-order chi connectivity index (χ1) is 7.18. The van der Waals surface area contributed by atoms with E-state index in [1.165, 1.54) is 0 Å². The summed E-state index contributed by atoms with van der Waals surface area (Å²) in [5, 5.41) is 10.3. The molecule has 0 bridgehead atoms. The number of ether oxygens (including phenoxy) is 1. The Kier molecular flexibility index (Phi) is 2.94. The van der Waals surface area contributed by atoms with Gasteiger partial charge in [0.05, 0.1) is 12.7 Å². The van der Waals surface area contributed by atoms with Crippen LogP contribution in [-0.4, -0.2) is 18.5 Å². The summed E-state index contributed by atoms with van der Waals surface area (Å²) in [4.78, 5) is 1.14. The molecule has 1 aliphatic rings. The summed E-state index contributed by atoms with van der Waals surface area (Å²) in [6.45, 7) is 0. The molecule has 0 radical (unpaired) electrons. The van der Waals surface area contributed by atoms with Crippen molar-refractivity contribution in [1.82, 2.24) is 0 Å². The average molecular weight is 224 g/mol. The van der Waals surface area contributed by atoms with Crippen LogP contribution in [0.3, 0.4) is 0 Å². The van der Waals surface area contributed by atoms with Crippen LogP contribution in [0.5, 0.6) is 5.75 Å². The van der Waals surface area contributed by atoms with Gasteiger partial charge in [-0.3, -0.25) is 0 Å². The standard InChI is InChI=1S/C12H16O2S/c1-14-10-6-9(7-11(8-10)15-2)12(13)4-3-5-12/h6-8,13H,3-5H2,1-2H3. The minimum absolute atomic E-state index is 0.598. The number of benzene rings is 1. The average Bonchev–Trinajstić information content (AvgIpc) is 2.25. The summed E-state index contributed by atoms with van der Waals surface area (Å²) in [7, 11) is 1.66. The fourth-order valence-electron chi connectivity index (χ4n) is 1.88. The zero-order valence-electron chi connectivity index (χ0n) is 9.12. The van der Waals surface area contributed by atoms with Crippen molar-refractivity contribution in [2.75, 3.05) is 13.4 Å². The van der Waals surface area contributed by atoms with Crippen LogP contribution in [0.4, 0.5) is 0 Å². The summed E-state index contributed by atoms with van der Waals surface area (Å²) in [5.41, 5.74) is 0.399. The van der Waals surface area contributed by atoms with Gasteiger partial charge in [0, 0.05) is 4.90 Å². The van der Waals surface area contributed by atoms with Crippen LogP contribution in [-0.2, 0) is 5.60 Å². The molecule has 0 aliphatic heterocycles. The van der Waals surface area contributed by atoms with Crippen LogP contribution < -0.4 is 4.74 Å². The normalized spacial score (nSPS) is 18.3. The summed E-state index contributed by atoms with van der Waals surface area (Å²) in [6.07, 6.45) is 4.88. The third-order valence-electron chi connectivity index (χ3n) is 3.07. The van der Waals surface area contributed by atoms with Crippen molar-refractivity contribution >= 4 is 11.8 Å². The molecule has 3 heteroatoms. The molecule has 0 heterocycles. The van der Waals surface area contributed by atoms with Crippen molar-refractivity contribution in [3.8, 4) is 5.75 Å². The van der Waals surface area contributed by atoms with E-state index in [0.29, 0.717) is 0 Å². The number of hydrogen-bond donors (Lipinski definition) is 1. The molecular weight excluding hydrogens is 208 g/mol. The van der Waals surface area contributed by atoms with Crippen LogP contribution in [0.1, 0.15) is 24.8 Å². The molecule has 0 amide bonds. The van der Waals surface area contributed by atoms with E-state index < -0.39 is 5.60 Å². The molecule has 1 saturated carbocycles. The van der Waals surface area contributed by atoms with Gasteiger partial charge in [-0.25, -0.2) is 0 Å². The van der Waals surface area contributed by atoms with Gasteiger partial charge in [0.15, 0.2) is 0 Å². The third kappa shape index (κ3) is 1.99. The first kappa shape index (κ1) is 10.8. The Hall–Kier alpha value is -0.670. The second-order valence-corrected chi connectivity index (χ2v) is 4.87. The van der Waals surface area contributed by atoms with E-state index in [2.05, 4.69) is 6.07 Å². The Labute approximate surface area is 94.6 Å². The van der Waals surface area contributed by atoms with E-state index in [0.717, 1.165) is 35.5 Å². The topological polar surface area (TPSA) is 29.5 Å². The lowest BCUT2D eigenvalue weighted by Gasteiger charge is -2.37. The number of thioether (sulfide) groups is 1. The van der Waals surface area contributed by atoms with Crippen LogP contribution in [0.25, 0.3) is 0 Å². The zero-order valence-corrected chi connectivity index (χ0v) is 9.93. The number of methoxy groups -OCH3 is 1. The van der Waals surface area contributed by atoms with E-state index in [4.69, 9.17) is 4.74 Å². The molecule has 0 saturated heterocycles. The van der Waals surface area contributed by atoms with Crippen LogP contribution in [0, 0.1) is 0 Å². The third-order valence-corrected chi connectivity index (χ3v) is 3.78. The maximum absolute atomic E-state index is 10.3. The minimum Gasteiger partial charge on any atom is -0.497 e. The highest BCUT2D eigenvalue weighted by molar-refractivity contribution is 7.98. The monoisotopic (exact) mass is 224 g/mol. The van der Waals surface area contributed by atoms with Crippen molar-refractivity contribution in [1.29, 1.82) is 0 Å². The van der Waals surface area contributed by atoms with Crippen LogP contribution in [0.2, 0.25) is 0 Å². The molecule has 0 aromatic heterocycles. The first-order valence-electron chi connectivity index (χ1n) is 5.14. The molecule has 2 rings (SSSR count). The molecule has 2 nitrogen and oxygen atoms in total. The van der Waals surface area contributed by atoms with Crippen molar-refractivity contribution in [3.05, 3.63) is 23.8 Å². The maximum atomic E-state index is 10.3. The highest BCUT2D eigenvalue weighted by atomic mass is 32.2. The highest BCUT2D eigenvalue weighted by Crippen LogP contribution is 2.43. The van der Waals surface area contributed by atoms with Gasteiger partial charge in [-0.1, -0.05) is 0 Å². The quantitative estimate of drug-likeness (QED) is 0.801. The SMILES string of the molecule is COc1cc(SC)cc(C2(O)CCC2)c1. The Morgan fingerprint density at radius 1 is 1.33 bits per heavy atom. The molecule has 0 spiro atoms. The van der Waals surface area contributed by atoms with E-state index in [9.17, 15) is 5.11 Å². The zero-order chi connectivity index (χ0) is 10.9. The van der Waals surface area contributed by atoms with Gasteiger partial charge in [-0.2, -0.15) is 0 Å². The van der Waals surface area contributed by atoms with Crippen molar-refractivity contribution < 1.29 is 9.84 Å². The van der Waals surface area contributed by atoms with E-state index >= 15 is 0 Å². The van der Waals surface area contributed by atoms with Crippen molar-refractivity contribution in [2.45, 2.75) is 29.8 Å². The predicted octanol–water partition coefficient (Wildman–Crippen LogP) is 2.79. The summed E-state index contributed by atoms with van der Waals surface area (Å²) >= 11 is 1.67. The predicted molar refractivity (Wildman–Crippen MR) is 62.5 cm³/mol. The Balaban J connectivity index is 2.37. The molecule has 1 aliphatic carbocycles. The highest BCUT2D eigenvalue weighted by Gasteiger charge is 2.36. The van der Waals surface area contributed by atoms with Crippen molar-refractivity contribution in [3.63, 3.8) is 0 Å². The molecule has 82 valence electrons. The summed E-state index contributed by atoms with van der Waals surface area (Å²) in [5.74, 6) is 0.831. The van der Waals surface area contributed by atoms with Gasteiger partial charge in [-0.15, -0.1) is 11.8 Å². The largest absolute Gasteiger partial charge is 0.497 e. The fraction of sp³-hybridized carbons (Fsp3) is 0.500. The lowest BCUT2D eigenvalue weighted by Crippen LogP contribution is -2.33. The summed E-state index contributed by atoms with van der Waals surface area (Å²) < 4.78 is 5.24. The molecule has 1 aromatic carbocycles. The minimum atomic E-state index is -0.598. The van der Waals surface area contributed by atoms with Crippen LogP contribution >= 0.6 is 11.8 Å². The second kappa shape index (κ2) is 4.06. The lowest BCUT2D eigenvalue weighted by molar-refractivity contribution is -0.0391. The Morgan fingerprint density at radius 3 is 2.53 bits per heavy atom. The molecule has 15 heavy (non-hydrogen) atoms. The molecule has 1 N–H and O–H groups in total. The van der Waals surface area contributed by atoms with Gasteiger partial charge < -0.3 is 9.84 Å². The van der Waals surface area contributed by atoms with Gasteiger partial charge in [0.1, 0.15) is 5.75 Å². The number of rotatable bonds is 3. The molecule has 0 unspecified atom stereocenters. The molecular formula is C12H16O2S. The molecule has 1 aromatic rings. The van der Waals surface area contributed by atoms with E-state index in [-0.39, 0.29) is 0 Å². The number of aliphatic hydroxyl groups is 1. The molecule has 1 fully saturated rings. The fourth-order valence-corrected chi connectivity index (χ4v) is 2.36. The van der Waals surface area contributed by atoms with Gasteiger partial charge >= 0.3 is 0 Å². The lowest BCUT2D eigenvalue weighted by atomic mass is 9.75.